The molecule has 0 bridgehead atoms. The van der Waals surface area contributed by atoms with E-state index in [2.05, 4.69) is 4.98 Å². The van der Waals surface area contributed by atoms with Gasteiger partial charge in [-0.15, -0.1) is 11.3 Å². The zero-order valence-electron chi connectivity index (χ0n) is 12.9. The van der Waals surface area contributed by atoms with Crippen LogP contribution < -0.4 is 0 Å². The number of nitrogens with zero attached hydrogens (tertiary/aromatic N) is 2. The number of carbonyl (C=O) groups excluding carboxylic acids is 1. The van der Waals surface area contributed by atoms with Crippen molar-refractivity contribution in [2.75, 3.05) is 27.3 Å². The van der Waals surface area contributed by atoms with Crippen LogP contribution in [-0.4, -0.2) is 54.3 Å². The third-order valence-corrected chi connectivity index (χ3v) is 4.10. The Labute approximate surface area is 134 Å². The van der Waals surface area contributed by atoms with E-state index in [-0.39, 0.29) is 19.1 Å². The van der Waals surface area contributed by atoms with Crippen LogP contribution in [0.5, 0.6) is 0 Å². The van der Waals surface area contributed by atoms with Crippen LogP contribution in [0.3, 0.4) is 0 Å². The van der Waals surface area contributed by atoms with Gasteiger partial charge < -0.3 is 14.7 Å². The first-order valence-electron chi connectivity index (χ1n) is 6.96. The highest BCUT2D eigenvalue weighted by atomic mass is 32.1. The van der Waals surface area contributed by atoms with Crippen molar-refractivity contribution in [3.8, 4) is 10.6 Å². The molecule has 0 aliphatic carbocycles. The van der Waals surface area contributed by atoms with Crippen LogP contribution >= 0.6 is 11.3 Å². The molecule has 1 atom stereocenters. The minimum absolute atomic E-state index is 0.198. The summed E-state index contributed by atoms with van der Waals surface area (Å²) >= 11 is 1.44. The second-order valence-corrected chi connectivity index (χ2v) is 6.06. The second kappa shape index (κ2) is 7.49. The Morgan fingerprint density at radius 1 is 1.41 bits per heavy atom. The SMILES string of the molecule is COCC(O)CN(C)C(=O)c1csc(-c2ccc(C)cc2)n1. The summed E-state index contributed by atoms with van der Waals surface area (Å²) in [4.78, 5) is 18.2. The van der Waals surface area contributed by atoms with Crippen molar-refractivity contribution < 1.29 is 14.6 Å². The molecule has 1 N–H and O–H groups in total. The Kier molecular flexibility index (Phi) is 5.65. The lowest BCUT2D eigenvalue weighted by Gasteiger charge is -2.19. The predicted octanol–water partition coefficient (Wildman–Crippen LogP) is 2.20. The number of amides is 1. The number of likely N-dealkylation sites (N-methyl/N-ethyl adjacent to an activating group) is 1. The van der Waals surface area contributed by atoms with E-state index in [1.54, 1.807) is 12.4 Å². The lowest BCUT2D eigenvalue weighted by Crippen LogP contribution is -2.36. The van der Waals surface area contributed by atoms with Crippen LogP contribution in [0.25, 0.3) is 10.6 Å². The van der Waals surface area contributed by atoms with Gasteiger partial charge >= 0.3 is 0 Å². The fourth-order valence-corrected chi connectivity index (χ4v) is 2.84. The molecule has 22 heavy (non-hydrogen) atoms. The summed E-state index contributed by atoms with van der Waals surface area (Å²) in [5.41, 5.74) is 2.58. The van der Waals surface area contributed by atoms with E-state index in [4.69, 9.17) is 4.74 Å². The maximum Gasteiger partial charge on any atom is 0.273 e. The van der Waals surface area contributed by atoms with Crippen molar-refractivity contribution in [2.45, 2.75) is 13.0 Å². The van der Waals surface area contributed by atoms with E-state index in [1.165, 1.54) is 28.9 Å². The lowest BCUT2D eigenvalue weighted by molar-refractivity contribution is 0.0378. The van der Waals surface area contributed by atoms with E-state index in [0.717, 1.165) is 10.6 Å². The average Bonchev–Trinajstić information content (AvgIpc) is 2.97. The third-order valence-electron chi connectivity index (χ3n) is 3.21. The maximum absolute atomic E-state index is 12.3. The summed E-state index contributed by atoms with van der Waals surface area (Å²) in [5, 5.41) is 12.2. The molecule has 0 spiro atoms. The highest BCUT2D eigenvalue weighted by molar-refractivity contribution is 7.13. The van der Waals surface area contributed by atoms with Crippen molar-refractivity contribution in [3.63, 3.8) is 0 Å². The Morgan fingerprint density at radius 3 is 2.73 bits per heavy atom. The van der Waals surface area contributed by atoms with Crippen LogP contribution in [0.1, 0.15) is 16.1 Å². The molecule has 5 nitrogen and oxygen atoms in total. The molecule has 0 aliphatic rings. The molecular formula is C16H20N2O3S. The van der Waals surface area contributed by atoms with Crippen molar-refractivity contribution >= 4 is 17.2 Å². The van der Waals surface area contributed by atoms with Crippen molar-refractivity contribution in [3.05, 3.63) is 40.9 Å². The van der Waals surface area contributed by atoms with Crippen LogP contribution in [0.4, 0.5) is 0 Å². The number of hydrogen-bond acceptors (Lipinski definition) is 5. The van der Waals surface area contributed by atoms with E-state index in [0.29, 0.717) is 5.69 Å². The fourth-order valence-electron chi connectivity index (χ4n) is 2.04. The molecule has 0 aliphatic heterocycles. The normalized spacial score (nSPS) is 12.2. The minimum atomic E-state index is -0.700. The number of rotatable bonds is 6. The molecule has 0 saturated heterocycles. The van der Waals surface area contributed by atoms with Crippen LogP contribution in [-0.2, 0) is 4.74 Å². The van der Waals surface area contributed by atoms with Crippen molar-refractivity contribution in [1.29, 1.82) is 0 Å². The summed E-state index contributed by atoms with van der Waals surface area (Å²) in [7, 11) is 3.16. The molecule has 2 rings (SSSR count). The monoisotopic (exact) mass is 320 g/mol. The van der Waals surface area contributed by atoms with E-state index in [1.807, 2.05) is 31.2 Å². The van der Waals surface area contributed by atoms with Gasteiger partial charge in [0.25, 0.3) is 5.91 Å². The molecule has 6 heteroatoms. The van der Waals surface area contributed by atoms with Crippen molar-refractivity contribution in [1.82, 2.24) is 9.88 Å². The molecule has 0 fully saturated rings. The highest BCUT2D eigenvalue weighted by Gasteiger charge is 2.18. The number of aliphatic hydroxyl groups excluding tert-OH is 1. The molecule has 1 amide bonds. The fraction of sp³-hybridized carbons (Fsp3) is 0.375. The van der Waals surface area contributed by atoms with Gasteiger partial charge in [-0.3, -0.25) is 4.79 Å². The molecule has 1 aromatic heterocycles. The van der Waals surface area contributed by atoms with Gasteiger partial charge in [-0.1, -0.05) is 29.8 Å². The largest absolute Gasteiger partial charge is 0.389 e. The van der Waals surface area contributed by atoms with Gasteiger partial charge in [-0.25, -0.2) is 4.98 Å². The number of aryl methyl sites for hydroxylation is 1. The van der Waals surface area contributed by atoms with Gasteiger partial charge in [-0.05, 0) is 6.92 Å². The second-order valence-electron chi connectivity index (χ2n) is 5.20. The molecular weight excluding hydrogens is 300 g/mol. The number of aromatic nitrogens is 1. The molecule has 1 heterocycles. The topological polar surface area (TPSA) is 62.7 Å². The molecule has 2 aromatic rings. The summed E-state index contributed by atoms with van der Waals surface area (Å²) in [6, 6.07) is 8.03. The standard InChI is InChI=1S/C16H20N2O3S/c1-11-4-6-12(7-5-11)15-17-14(10-22-15)16(20)18(2)8-13(19)9-21-3/h4-7,10,13,19H,8-9H2,1-3H3. The zero-order valence-corrected chi connectivity index (χ0v) is 13.8. The first-order chi connectivity index (χ1) is 10.5. The number of ether oxygens (including phenoxy) is 1. The van der Waals surface area contributed by atoms with E-state index < -0.39 is 6.10 Å². The highest BCUT2D eigenvalue weighted by Crippen LogP contribution is 2.24. The molecule has 118 valence electrons. The first-order valence-corrected chi connectivity index (χ1v) is 7.84. The van der Waals surface area contributed by atoms with Gasteiger partial charge in [-0.2, -0.15) is 0 Å². The zero-order chi connectivity index (χ0) is 16.1. The Bertz CT molecular complexity index is 625. The van der Waals surface area contributed by atoms with E-state index in [9.17, 15) is 9.90 Å². The predicted molar refractivity (Wildman–Crippen MR) is 87.1 cm³/mol. The van der Waals surface area contributed by atoms with Gasteiger partial charge in [0.15, 0.2) is 0 Å². The van der Waals surface area contributed by atoms with Crippen LogP contribution in [0.2, 0.25) is 0 Å². The Morgan fingerprint density at radius 2 is 2.09 bits per heavy atom. The lowest BCUT2D eigenvalue weighted by atomic mass is 10.2. The van der Waals surface area contributed by atoms with Gasteiger partial charge in [0.2, 0.25) is 0 Å². The number of aliphatic hydroxyl groups is 1. The number of methoxy groups -OCH3 is 1. The average molecular weight is 320 g/mol. The van der Waals surface area contributed by atoms with Crippen LogP contribution in [0, 0.1) is 6.92 Å². The third kappa shape index (κ3) is 4.13. The first kappa shape index (κ1) is 16.6. The van der Waals surface area contributed by atoms with Crippen LogP contribution in [0.15, 0.2) is 29.6 Å². The number of benzene rings is 1. The molecule has 1 unspecified atom stereocenters. The Hall–Kier alpha value is -1.76. The van der Waals surface area contributed by atoms with Gasteiger partial charge in [0.05, 0.1) is 12.7 Å². The molecule has 1 aromatic carbocycles. The van der Waals surface area contributed by atoms with Crippen molar-refractivity contribution in [2.24, 2.45) is 0 Å². The van der Waals surface area contributed by atoms with E-state index >= 15 is 0 Å². The number of thiazole rings is 1. The molecule has 0 saturated carbocycles. The summed E-state index contributed by atoms with van der Waals surface area (Å²) in [6.45, 7) is 2.44. The molecule has 0 radical (unpaired) electrons. The smallest absolute Gasteiger partial charge is 0.273 e. The number of hydrogen-bond donors (Lipinski definition) is 1. The van der Waals surface area contributed by atoms with Gasteiger partial charge in [0, 0.05) is 31.6 Å². The summed E-state index contributed by atoms with van der Waals surface area (Å²) < 4.78 is 4.86. The van der Waals surface area contributed by atoms with Gasteiger partial charge in [0.1, 0.15) is 10.7 Å². The summed E-state index contributed by atoms with van der Waals surface area (Å²) in [6.07, 6.45) is -0.700. The quantitative estimate of drug-likeness (QED) is 0.886. The maximum atomic E-state index is 12.3. The summed E-state index contributed by atoms with van der Waals surface area (Å²) in [5.74, 6) is -0.204. The Balaban J connectivity index is 2.07. The minimum Gasteiger partial charge on any atom is -0.389 e. The number of carbonyl (C=O) groups is 1.